The van der Waals surface area contributed by atoms with Gasteiger partial charge in [0.15, 0.2) is 5.82 Å². The van der Waals surface area contributed by atoms with Gasteiger partial charge in [-0.05, 0) is 60.0 Å². The predicted octanol–water partition coefficient (Wildman–Crippen LogP) is 3.11. The maximum atomic E-state index is 12.3. The van der Waals surface area contributed by atoms with Gasteiger partial charge < -0.3 is 10.6 Å². The van der Waals surface area contributed by atoms with Crippen molar-refractivity contribution >= 4 is 11.6 Å². The summed E-state index contributed by atoms with van der Waals surface area (Å²) in [6, 6.07) is 17.6. The van der Waals surface area contributed by atoms with E-state index in [0.717, 1.165) is 29.9 Å². The van der Waals surface area contributed by atoms with Crippen molar-refractivity contribution in [2.24, 2.45) is 0 Å². The summed E-state index contributed by atoms with van der Waals surface area (Å²) in [6.45, 7) is 2.74. The van der Waals surface area contributed by atoms with Crippen molar-refractivity contribution in [2.75, 3.05) is 5.32 Å². The standard InChI is InChI=1S/C20H22N6O/c1-14(19-23-24-25-26(19)18-11-12-18)21-13-15-7-9-16(10-8-15)20(27)22-17-5-3-2-4-6-17/h2-10,14,18,21H,11-13H2,1H3,(H,22,27). The zero-order valence-electron chi connectivity index (χ0n) is 15.2. The number of amides is 1. The number of para-hydroxylation sites is 1. The van der Waals surface area contributed by atoms with Crippen LogP contribution in [0.1, 0.15) is 53.6 Å². The van der Waals surface area contributed by atoms with Gasteiger partial charge in [-0.2, -0.15) is 0 Å². The molecule has 2 aromatic carbocycles. The van der Waals surface area contributed by atoms with E-state index >= 15 is 0 Å². The van der Waals surface area contributed by atoms with E-state index in [1.165, 1.54) is 0 Å². The molecule has 27 heavy (non-hydrogen) atoms. The Labute approximate surface area is 157 Å². The number of carbonyl (C=O) groups is 1. The summed E-state index contributed by atoms with van der Waals surface area (Å²) in [6.07, 6.45) is 2.30. The van der Waals surface area contributed by atoms with E-state index in [4.69, 9.17) is 0 Å². The second-order valence-corrected chi connectivity index (χ2v) is 6.83. The molecule has 4 rings (SSSR count). The minimum absolute atomic E-state index is 0.0571. The van der Waals surface area contributed by atoms with Crippen LogP contribution in [-0.2, 0) is 6.54 Å². The fourth-order valence-corrected chi connectivity index (χ4v) is 2.93. The third kappa shape index (κ3) is 4.20. The normalized spacial score (nSPS) is 14.7. The molecule has 3 aromatic rings. The molecule has 1 heterocycles. The van der Waals surface area contributed by atoms with Gasteiger partial charge in [0.1, 0.15) is 0 Å². The molecule has 0 saturated heterocycles. The second kappa shape index (κ2) is 7.67. The van der Waals surface area contributed by atoms with Gasteiger partial charge in [0, 0.05) is 17.8 Å². The Bertz CT molecular complexity index is 902. The van der Waals surface area contributed by atoms with Crippen LogP contribution in [-0.4, -0.2) is 26.1 Å². The highest BCUT2D eigenvalue weighted by atomic mass is 16.1. The van der Waals surface area contributed by atoms with Gasteiger partial charge in [0.25, 0.3) is 5.91 Å². The summed E-state index contributed by atoms with van der Waals surface area (Å²) in [4.78, 5) is 12.3. The molecular formula is C20H22N6O. The zero-order valence-corrected chi connectivity index (χ0v) is 15.2. The van der Waals surface area contributed by atoms with Crippen LogP contribution in [0.3, 0.4) is 0 Å². The first kappa shape index (κ1) is 17.4. The van der Waals surface area contributed by atoms with Crippen molar-refractivity contribution in [3.63, 3.8) is 0 Å². The predicted molar refractivity (Wildman–Crippen MR) is 102 cm³/mol. The van der Waals surface area contributed by atoms with Crippen molar-refractivity contribution in [2.45, 2.75) is 38.4 Å². The van der Waals surface area contributed by atoms with Gasteiger partial charge in [-0.25, -0.2) is 4.68 Å². The van der Waals surface area contributed by atoms with Gasteiger partial charge in [-0.15, -0.1) is 5.10 Å². The molecule has 1 unspecified atom stereocenters. The lowest BCUT2D eigenvalue weighted by atomic mass is 10.1. The van der Waals surface area contributed by atoms with Gasteiger partial charge in [-0.3, -0.25) is 4.79 Å². The van der Waals surface area contributed by atoms with Gasteiger partial charge in [-0.1, -0.05) is 30.3 Å². The number of nitrogens with one attached hydrogen (secondary N) is 2. The molecule has 1 fully saturated rings. The van der Waals surface area contributed by atoms with Crippen LogP contribution in [0.25, 0.3) is 0 Å². The number of tetrazole rings is 1. The number of aromatic nitrogens is 4. The van der Waals surface area contributed by atoms with Crippen molar-refractivity contribution < 1.29 is 4.79 Å². The van der Waals surface area contributed by atoms with Crippen LogP contribution in [0.2, 0.25) is 0 Å². The lowest BCUT2D eigenvalue weighted by Crippen LogP contribution is -2.22. The average Bonchev–Trinajstić information content (AvgIpc) is 3.43. The summed E-state index contributed by atoms with van der Waals surface area (Å²) in [5.74, 6) is 0.758. The number of rotatable bonds is 7. The molecule has 1 amide bonds. The Kier molecular flexibility index (Phi) is 4.93. The summed E-state index contributed by atoms with van der Waals surface area (Å²) in [7, 11) is 0. The summed E-state index contributed by atoms with van der Waals surface area (Å²) in [5.41, 5.74) is 2.52. The van der Waals surface area contributed by atoms with Crippen LogP contribution < -0.4 is 10.6 Å². The fraction of sp³-hybridized carbons (Fsp3) is 0.300. The first-order valence-corrected chi connectivity index (χ1v) is 9.17. The molecule has 2 N–H and O–H groups in total. The molecule has 0 aliphatic heterocycles. The fourth-order valence-electron chi connectivity index (χ4n) is 2.93. The summed E-state index contributed by atoms with van der Waals surface area (Å²) < 4.78 is 1.93. The van der Waals surface area contributed by atoms with Crippen molar-refractivity contribution in [1.82, 2.24) is 25.5 Å². The Hall–Kier alpha value is -3.06. The number of hydrogen-bond acceptors (Lipinski definition) is 5. The molecule has 1 saturated carbocycles. The van der Waals surface area contributed by atoms with Crippen molar-refractivity contribution in [1.29, 1.82) is 0 Å². The number of benzene rings is 2. The Morgan fingerprint density at radius 2 is 1.89 bits per heavy atom. The van der Waals surface area contributed by atoms with E-state index < -0.39 is 0 Å². The van der Waals surface area contributed by atoms with Crippen molar-refractivity contribution in [3.05, 3.63) is 71.5 Å². The van der Waals surface area contributed by atoms with Gasteiger partial charge in [0.2, 0.25) is 0 Å². The average molecular weight is 362 g/mol. The molecule has 138 valence electrons. The number of hydrogen-bond donors (Lipinski definition) is 2. The van der Waals surface area contributed by atoms with Crippen LogP contribution in [0, 0.1) is 0 Å². The first-order valence-electron chi connectivity index (χ1n) is 9.17. The molecular weight excluding hydrogens is 340 g/mol. The highest BCUT2D eigenvalue weighted by molar-refractivity contribution is 6.04. The quantitative estimate of drug-likeness (QED) is 0.675. The Balaban J connectivity index is 1.33. The smallest absolute Gasteiger partial charge is 0.255 e. The largest absolute Gasteiger partial charge is 0.322 e. The second-order valence-electron chi connectivity index (χ2n) is 6.83. The van der Waals surface area contributed by atoms with Crippen LogP contribution >= 0.6 is 0 Å². The first-order chi connectivity index (χ1) is 13.2. The monoisotopic (exact) mass is 362 g/mol. The molecule has 0 bridgehead atoms. The van der Waals surface area contributed by atoms with E-state index in [2.05, 4.69) is 33.1 Å². The number of anilines is 1. The molecule has 0 radical (unpaired) electrons. The molecule has 1 atom stereocenters. The molecule has 7 nitrogen and oxygen atoms in total. The lowest BCUT2D eigenvalue weighted by molar-refractivity contribution is 0.102. The van der Waals surface area contributed by atoms with E-state index in [0.29, 0.717) is 18.2 Å². The zero-order chi connectivity index (χ0) is 18.6. The third-order valence-corrected chi connectivity index (χ3v) is 4.66. The van der Waals surface area contributed by atoms with Gasteiger partial charge in [0.05, 0.1) is 12.1 Å². The van der Waals surface area contributed by atoms with Gasteiger partial charge >= 0.3 is 0 Å². The summed E-state index contributed by atoms with van der Waals surface area (Å²) in [5, 5.41) is 18.4. The Morgan fingerprint density at radius 3 is 2.59 bits per heavy atom. The molecule has 7 heteroatoms. The number of carbonyl (C=O) groups excluding carboxylic acids is 1. The van der Waals surface area contributed by atoms with E-state index in [-0.39, 0.29) is 11.9 Å². The highest BCUT2D eigenvalue weighted by Gasteiger charge is 2.29. The van der Waals surface area contributed by atoms with E-state index in [1.807, 2.05) is 59.3 Å². The van der Waals surface area contributed by atoms with E-state index in [1.54, 1.807) is 0 Å². The van der Waals surface area contributed by atoms with Crippen LogP contribution in [0.5, 0.6) is 0 Å². The SMILES string of the molecule is CC(NCc1ccc(C(=O)Nc2ccccc2)cc1)c1nnnn1C1CC1. The van der Waals surface area contributed by atoms with Crippen LogP contribution in [0.15, 0.2) is 54.6 Å². The molecule has 0 spiro atoms. The third-order valence-electron chi connectivity index (χ3n) is 4.66. The van der Waals surface area contributed by atoms with Crippen molar-refractivity contribution in [3.8, 4) is 0 Å². The molecule has 1 aliphatic carbocycles. The van der Waals surface area contributed by atoms with Crippen LogP contribution in [0.4, 0.5) is 5.69 Å². The highest BCUT2D eigenvalue weighted by Crippen LogP contribution is 2.35. The maximum absolute atomic E-state index is 12.3. The minimum atomic E-state index is -0.113. The molecule has 1 aliphatic rings. The Morgan fingerprint density at radius 1 is 1.15 bits per heavy atom. The number of nitrogens with zero attached hydrogens (tertiary/aromatic N) is 4. The summed E-state index contributed by atoms with van der Waals surface area (Å²) >= 11 is 0. The van der Waals surface area contributed by atoms with E-state index in [9.17, 15) is 4.79 Å². The minimum Gasteiger partial charge on any atom is -0.322 e. The molecule has 1 aromatic heterocycles. The topological polar surface area (TPSA) is 84.7 Å². The lowest BCUT2D eigenvalue weighted by Gasteiger charge is -2.13. The maximum Gasteiger partial charge on any atom is 0.255 e.